The molecule has 0 spiro atoms. The average Bonchev–Trinajstić information content (AvgIpc) is 2.86. The van der Waals surface area contributed by atoms with Crippen LogP contribution < -0.4 is 5.32 Å². The number of nitrogens with zero attached hydrogens (tertiary/aromatic N) is 4. The van der Waals surface area contributed by atoms with E-state index in [0.29, 0.717) is 12.5 Å². The molecule has 1 aromatic heterocycles. The van der Waals surface area contributed by atoms with Gasteiger partial charge in [-0.3, -0.25) is 10.00 Å². The number of carbonyl (C=O) groups excluding carboxylic acids is 1. The third kappa shape index (κ3) is 3.33. The van der Waals surface area contributed by atoms with Gasteiger partial charge in [0.15, 0.2) is 0 Å². The number of carbonyl (C=O) groups is 1. The van der Waals surface area contributed by atoms with Crippen LogP contribution in [-0.2, 0) is 7.05 Å². The molecule has 1 N–H and O–H groups in total. The largest absolute Gasteiger partial charge is 0.324 e. The van der Waals surface area contributed by atoms with Crippen molar-refractivity contribution in [2.45, 2.75) is 32.2 Å². The zero-order valence-corrected chi connectivity index (χ0v) is 13.3. The minimum atomic E-state index is -0.270. The predicted octanol–water partition coefficient (Wildman–Crippen LogP) is 3.02. The molecule has 1 saturated heterocycles. The molecular weight excluding hydrogens is 297 g/mol. The topological polar surface area (TPSA) is 63.1 Å². The molecule has 2 heterocycles. The molecule has 23 heavy (non-hydrogen) atoms. The van der Waals surface area contributed by atoms with Crippen molar-refractivity contribution in [1.29, 1.82) is 0 Å². The smallest absolute Gasteiger partial charge is 0.317 e. The fourth-order valence-corrected chi connectivity index (χ4v) is 2.89. The normalized spacial score (nSPS) is 18.0. The third-order valence-corrected chi connectivity index (χ3v) is 4.22. The molecule has 2 aromatic rings. The molecule has 0 radical (unpaired) electrons. The Morgan fingerprint density at radius 1 is 1.30 bits per heavy atom. The zero-order chi connectivity index (χ0) is 16.4. The van der Waals surface area contributed by atoms with Crippen molar-refractivity contribution < 1.29 is 9.18 Å². The number of urea groups is 1. The summed E-state index contributed by atoms with van der Waals surface area (Å²) in [6.45, 7) is 2.49. The maximum atomic E-state index is 13.1. The Bertz CT molecular complexity index is 677. The van der Waals surface area contributed by atoms with Crippen LogP contribution in [0.25, 0.3) is 0 Å². The Morgan fingerprint density at radius 2 is 2.04 bits per heavy atom. The standard InChI is InChI=1S/C16H20FN5O/c1-11-18-15(20-21(11)2)19-16(23)22-10-4-3-5-14(22)12-6-8-13(17)9-7-12/h6-9,14H,3-5,10H2,1-2H3,(H,19,20,23). The maximum absolute atomic E-state index is 13.1. The molecule has 0 bridgehead atoms. The van der Waals surface area contributed by atoms with Crippen LogP contribution in [0.2, 0.25) is 0 Å². The first-order valence-corrected chi connectivity index (χ1v) is 7.75. The van der Waals surface area contributed by atoms with E-state index in [1.54, 1.807) is 28.8 Å². The number of rotatable bonds is 2. The Hall–Kier alpha value is -2.44. The van der Waals surface area contributed by atoms with Gasteiger partial charge in [-0.1, -0.05) is 12.1 Å². The summed E-state index contributed by atoms with van der Waals surface area (Å²) >= 11 is 0. The van der Waals surface area contributed by atoms with Crippen LogP contribution in [0.1, 0.15) is 36.7 Å². The summed E-state index contributed by atoms with van der Waals surface area (Å²) in [7, 11) is 1.78. The molecule has 3 rings (SSSR count). The van der Waals surface area contributed by atoms with Crippen LogP contribution in [-0.4, -0.2) is 32.2 Å². The van der Waals surface area contributed by atoms with Gasteiger partial charge in [-0.05, 0) is 43.9 Å². The number of aryl methyl sites for hydroxylation is 2. The lowest BCUT2D eigenvalue weighted by Crippen LogP contribution is -2.41. The molecule has 0 saturated carbocycles. The van der Waals surface area contributed by atoms with E-state index in [1.165, 1.54) is 12.1 Å². The van der Waals surface area contributed by atoms with Gasteiger partial charge < -0.3 is 4.90 Å². The Morgan fingerprint density at radius 3 is 2.70 bits per heavy atom. The van der Waals surface area contributed by atoms with Gasteiger partial charge in [0.1, 0.15) is 11.6 Å². The second kappa shape index (κ2) is 6.36. The minimum Gasteiger partial charge on any atom is -0.317 e. The van der Waals surface area contributed by atoms with Crippen LogP contribution in [0.15, 0.2) is 24.3 Å². The predicted molar refractivity (Wildman–Crippen MR) is 84.5 cm³/mol. The summed E-state index contributed by atoms with van der Waals surface area (Å²) in [6.07, 6.45) is 2.88. The average molecular weight is 317 g/mol. The number of benzene rings is 1. The SMILES string of the molecule is Cc1nc(NC(=O)N2CCCCC2c2ccc(F)cc2)nn1C. The maximum Gasteiger partial charge on any atom is 0.324 e. The molecule has 1 aromatic carbocycles. The molecule has 122 valence electrons. The van der Waals surface area contributed by atoms with E-state index in [9.17, 15) is 9.18 Å². The van der Waals surface area contributed by atoms with E-state index in [1.807, 2.05) is 6.92 Å². The first-order valence-electron chi connectivity index (χ1n) is 7.75. The summed E-state index contributed by atoms with van der Waals surface area (Å²) < 4.78 is 14.7. The quantitative estimate of drug-likeness (QED) is 0.926. The molecule has 0 aliphatic carbocycles. The van der Waals surface area contributed by atoms with Gasteiger partial charge in [0.25, 0.3) is 0 Å². The molecular formula is C16H20FN5O. The second-order valence-corrected chi connectivity index (χ2v) is 5.79. The fourth-order valence-electron chi connectivity index (χ4n) is 2.89. The van der Waals surface area contributed by atoms with Crippen molar-refractivity contribution in [2.75, 3.05) is 11.9 Å². The molecule has 1 fully saturated rings. The highest BCUT2D eigenvalue weighted by Gasteiger charge is 2.28. The van der Waals surface area contributed by atoms with Crippen LogP contribution in [0.4, 0.5) is 15.1 Å². The van der Waals surface area contributed by atoms with Crippen molar-refractivity contribution >= 4 is 12.0 Å². The van der Waals surface area contributed by atoms with E-state index in [2.05, 4.69) is 15.4 Å². The Balaban J connectivity index is 1.77. The van der Waals surface area contributed by atoms with Gasteiger partial charge in [0, 0.05) is 13.6 Å². The fraction of sp³-hybridized carbons (Fsp3) is 0.438. The number of amides is 2. The van der Waals surface area contributed by atoms with Crippen LogP contribution in [0, 0.1) is 12.7 Å². The van der Waals surface area contributed by atoms with Crippen molar-refractivity contribution in [3.63, 3.8) is 0 Å². The molecule has 1 atom stereocenters. The van der Waals surface area contributed by atoms with Crippen LogP contribution in [0.5, 0.6) is 0 Å². The highest BCUT2D eigenvalue weighted by atomic mass is 19.1. The van der Waals surface area contributed by atoms with Crippen molar-refractivity contribution in [3.05, 3.63) is 41.5 Å². The number of hydrogen-bond donors (Lipinski definition) is 1. The highest BCUT2D eigenvalue weighted by Crippen LogP contribution is 2.31. The molecule has 7 heteroatoms. The van der Waals surface area contributed by atoms with Gasteiger partial charge in [-0.2, -0.15) is 4.98 Å². The lowest BCUT2D eigenvalue weighted by atomic mass is 9.95. The summed E-state index contributed by atoms with van der Waals surface area (Å²) in [4.78, 5) is 18.6. The van der Waals surface area contributed by atoms with Crippen molar-refractivity contribution in [3.8, 4) is 0 Å². The van der Waals surface area contributed by atoms with Gasteiger partial charge >= 0.3 is 6.03 Å². The van der Waals surface area contributed by atoms with Gasteiger partial charge in [0.05, 0.1) is 6.04 Å². The van der Waals surface area contributed by atoms with Gasteiger partial charge in [-0.25, -0.2) is 9.18 Å². The van der Waals surface area contributed by atoms with E-state index in [-0.39, 0.29) is 17.9 Å². The van der Waals surface area contributed by atoms with Gasteiger partial charge in [-0.15, -0.1) is 5.10 Å². The summed E-state index contributed by atoms with van der Waals surface area (Å²) in [5.41, 5.74) is 0.950. The third-order valence-electron chi connectivity index (χ3n) is 4.22. The van der Waals surface area contributed by atoms with E-state index in [4.69, 9.17) is 0 Å². The number of likely N-dealkylation sites (tertiary alicyclic amines) is 1. The summed E-state index contributed by atoms with van der Waals surface area (Å²) in [5.74, 6) is 0.765. The summed E-state index contributed by atoms with van der Waals surface area (Å²) in [5, 5.41) is 6.91. The lowest BCUT2D eigenvalue weighted by Gasteiger charge is -2.35. The number of piperidine rings is 1. The van der Waals surface area contributed by atoms with E-state index < -0.39 is 0 Å². The Labute approximate surface area is 134 Å². The first kappa shape index (κ1) is 15.5. The van der Waals surface area contributed by atoms with Crippen molar-refractivity contribution in [1.82, 2.24) is 19.7 Å². The molecule has 6 nitrogen and oxygen atoms in total. The minimum absolute atomic E-state index is 0.0471. The molecule has 1 aliphatic heterocycles. The Kier molecular flexibility index (Phi) is 4.27. The number of hydrogen-bond acceptors (Lipinski definition) is 3. The highest BCUT2D eigenvalue weighted by molar-refractivity contribution is 5.87. The number of aromatic nitrogens is 3. The molecule has 2 amide bonds. The van der Waals surface area contributed by atoms with Crippen LogP contribution >= 0.6 is 0 Å². The molecule has 1 unspecified atom stereocenters. The zero-order valence-electron chi connectivity index (χ0n) is 13.3. The lowest BCUT2D eigenvalue weighted by molar-refractivity contribution is 0.163. The van der Waals surface area contributed by atoms with Crippen LogP contribution in [0.3, 0.4) is 0 Å². The number of halogens is 1. The number of nitrogens with one attached hydrogen (secondary N) is 1. The summed E-state index contributed by atoms with van der Waals surface area (Å²) in [6, 6.07) is 6.09. The van der Waals surface area contributed by atoms with Gasteiger partial charge in [0.2, 0.25) is 5.95 Å². The second-order valence-electron chi connectivity index (χ2n) is 5.79. The monoisotopic (exact) mass is 317 g/mol. The van der Waals surface area contributed by atoms with E-state index >= 15 is 0 Å². The molecule has 1 aliphatic rings. The van der Waals surface area contributed by atoms with Crippen molar-refractivity contribution in [2.24, 2.45) is 7.05 Å². The van der Waals surface area contributed by atoms with E-state index in [0.717, 1.165) is 30.7 Å². The first-order chi connectivity index (χ1) is 11.0. The number of anilines is 1.